The van der Waals surface area contributed by atoms with Crippen molar-refractivity contribution < 1.29 is 9.53 Å². The summed E-state index contributed by atoms with van der Waals surface area (Å²) in [7, 11) is 3.75. The van der Waals surface area contributed by atoms with Crippen LogP contribution < -0.4 is 4.74 Å². The first-order chi connectivity index (χ1) is 16.0. The zero-order chi connectivity index (χ0) is 23.8. The summed E-state index contributed by atoms with van der Waals surface area (Å²) in [5.41, 5.74) is 4.27. The van der Waals surface area contributed by atoms with E-state index >= 15 is 0 Å². The van der Waals surface area contributed by atoms with Gasteiger partial charge in [0, 0.05) is 42.5 Å². The summed E-state index contributed by atoms with van der Waals surface area (Å²) < 4.78 is 7.55. The van der Waals surface area contributed by atoms with Crippen molar-refractivity contribution in [1.82, 2.24) is 14.4 Å². The minimum absolute atomic E-state index is 0.192. The van der Waals surface area contributed by atoms with Crippen LogP contribution in [0.25, 0.3) is 16.9 Å². The number of aryl methyl sites for hydroxylation is 1. The number of carbonyl (C=O) groups excluding carboxylic acids is 1. The van der Waals surface area contributed by atoms with Crippen LogP contribution in [0.3, 0.4) is 0 Å². The quantitative estimate of drug-likeness (QED) is 0.371. The Balaban J connectivity index is 1.85. The van der Waals surface area contributed by atoms with E-state index in [1.54, 1.807) is 7.11 Å². The molecule has 0 radical (unpaired) electrons. The molecule has 0 N–H and O–H groups in total. The fraction of sp³-hybridized carbons (Fsp3) is 0.370. The van der Waals surface area contributed by atoms with E-state index in [9.17, 15) is 4.79 Å². The van der Waals surface area contributed by atoms with Gasteiger partial charge < -0.3 is 19.1 Å². The van der Waals surface area contributed by atoms with Gasteiger partial charge in [-0.1, -0.05) is 30.7 Å². The third-order valence-corrected chi connectivity index (χ3v) is 6.31. The number of nitrogens with zero attached hydrogens (tertiary/aromatic N) is 3. The smallest absolute Gasteiger partial charge is 0.222 e. The summed E-state index contributed by atoms with van der Waals surface area (Å²) in [6.45, 7) is 7.53. The molecule has 1 heterocycles. The first kappa shape index (κ1) is 24.9. The van der Waals surface area contributed by atoms with Gasteiger partial charge in [-0.05, 0) is 81.0 Å². The van der Waals surface area contributed by atoms with E-state index < -0.39 is 0 Å². The molecule has 2 aromatic carbocycles. The lowest BCUT2D eigenvalue weighted by atomic mass is 10.1. The standard InChI is InChI=1S/C27H34ClN3O2/c1-5-29(3)19-20-30(6-2)27(32)18-14-24-13-17-26(21-7-9-22(28)10-8-21)31(24)23-11-15-25(33-4)16-12-23/h7-13,15-17H,5-6,14,18-20H2,1-4H3. The van der Waals surface area contributed by atoms with Gasteiger partial charge >= 0.3 is 0 Å². The Hall–Kier alpha value is -2.76. The van der Waals surface area contributed by atoms with Crippen molar-refractivity contribution in [2.45, 2.75) is 26.7 Å². The molecule has 6 heteroatoms. The molecule has 5 nitrogen and oxygen atoms in total. The van der Waals surface area contributed by atoms with E-state index in [4.69, 9.17) is 16.3 Å². The van der Waals surface area contributed by atoms with Crippen molar-refractivity contribution in [2.24, 2.45) is 0 Å². The van der Waals surface area contributed by atoms with Gasteiger partial charge in [0.2, 0.25) is 5.91 Å². The fourth-order valence-corrected chi connectivity index (χ4v) is 3.98. The molecule has 0 atom stereocenters. The Morgan fingerprint density at radius 3 is 2.24 bits per heavy atom. The van der Waals surface area contributed by atoms with Gasteiger partial charge in [-0.3, -0.25) is 4.79 Å². The van der Waals surface area contributed by atoms with Gasteiger partial charge in [-0.25, -0.2) is 0 Å². The van der Waals surface area contributed by atoms with Gasteiger partial charge in [0.15, 0.2) is 0 Å². The van der Waals surface area contributed by atoms with Gasteiger partial charge in [-0.2, -0.15) is 0 Å². The summed E-state index contributed by atoms with van der Waals surface area (Å²) in [4.78, 5) is 17.1. The molecule has 33 heavy (non-hydrogen) atoms. The van der Waals surface area contributed by atoms with E-state index in [1.165, 1.54) is 0 Å². The lowest BCUT2D eigenvalue weighted by molar-refractivity contribution is -0.131. The van der Waals surface area contributed by atoms with E-state index in [-0.39, 0.29) is 5.91 Å². The number of hydrogen-bond acceptors (Lipinski definition) is 3. The zero-order valence-electron chi connectivity index (χ0n) is 20.1. The molecule has 1 aromatic heterocycles. The molecule has 0 spiro atoms. The highest BCUT2D eigenvalue weighted by Gasteiger charge is 2.16. The van der Waals surface area contributed by atoms with Crippen LogP contribution in [-0.4, -0.2) is 60.6 Å². The molecule has 0 saturated carbocycles. The highest BCUT2D eigenvalue weighted by Crippen LogP contribution is 2.29. The Bertz CT molecular complexity index is 1030. The van der Waals surface area contributed by atoms with Crippen LogP contribution in [0.4, 0.5) is 0 Å². The molecule has 3 rings (SSSR count). The summed E-state index contributed by atoms with van der Waals surface area (Å²) in [6.07, 6.45) is 1.14. The molecule has 0 unspecified atom stereocenters. The molecule has 0 fully saturated rings. The number of benzene rings is 2. The molecule has 0 saturated heterocycles. The maximum absolute atomic E-state index is 13.0. The Morgan fingerprint density at radius 2 is 1.64 bits per heavy atom. The first-order valence-electron chi connectivity index (χ1n) is 11.5. The van der Waals surface area contributed by atoms with Crippen LogP contribution in [0.2, 0.25) is 5.02 Å². The average molecular weight is 468 g/mol. The highest BCUT2D eigenvalue weighted by atomic mass is 35.5. The Morgan fingerprint density at radius 1 is 0.939 bits per heavy atom. The van der Waals surface area contributed by atoms with Crippen LogP contribution >= 0.6 is 11.6 Å². The SMILES string of the molecule is CCN(C)CCN(CC)C(=O)CCc1ccc(-c2ccc(Cl)cc2)n1-c1ccc(OC)cc1. The molecule has 0 aliphatic heterocycles. The number of hydrogen-bond donors (Lipinski definition) is 0. The van der Waals surface area contributed by atoms with Crippen molar-refractivity contribution in [3.05, 3.63) is 71.4 Å². The second-order valence-electron chi connectivity index (χ2n) is 8.12. The van der Waals surface area contributed by atoms with E-state index in [0.29, 0.717) is 17.9 Å². The van der Waals surface area contributed by atoms with E-state index in [2.05, 4.69) is 35.6 Å². The summed E-state index contributed by atoms with van der Waals surface area (Å²) >= 11 is 6.11. The number of aromatic nitrogens is 1. The molecule has 3 aromatic rings. The molecular weight excluding hydrogens is 434 g/mol. The summed E-state index contributed by atoms with van der Waals surface area (Å²) in [5.74, 6) is 1.00. The zero-order valence-corrected chi connectivity index (χ0v) is 20.8. The van der Waals surface area contributed by atoms with Gasteiger partial charge in [0.05, 0.1) is 12.8 Å². The van der Waals surface area contributed by atoms with Crippen molar-refractivity contribution in [2.75, 3.05) is 40.3 Å². The van der Waals surface area contributed by atoms with Gasteiger partial charge in [0.25, 0.3) is 0 Å². The van der Waals surface area contributed by atoms with Gasteiger partial charge in [-0.15, -0.1) is 0 Å². The van der Waals surface area contributed by atoms with Crippen LogP contribution in [-0.2, 0) is 11.2 Å². The van der Waals surface area contributed by atoms with Crippen molar-refractivity contribution in [1.29, 1.82) is 0 Å². The number of methoxy groups -OCH3 is 1. The van der Waals surface area contributed by atoms with Crippen LogP contribution in [0.1, 0.15) is 26.0 Å². The normalized spacial score (nSPS) is 11.1. The summed E-state index contributed by atoms with van der Waals surface area (Å²) in [6, 6.07) is 20.1. The number of likely N-dealkylation sites (N-methyl/N-ethyl adjacent to an activating group) is 2. The highest BCUT2D eigenvalue weighted by molar-refractivity contribution is 6.30. The largest absolute Gasteiger partial charge is 0.497 e. The van der Waals surface area contributed by atoms with Crippen LogP contribution in [0.5, 0.6) is 5.75 Å². The monoisotopic (exact) mass is 467 g/mol. The lowest BCUT2D eigenvalue weighted by Crippen LogP contribution is -2.37. The number of carbonyl (C=O) groups is 1. The number of rotatable bonds is 11. The van der Waals surface area contributed by atoms with Crippen molar-refractivity contribution in [3.63, 3.8) is 0 Å². The second kappa shape index (κ2) is 11.9. The Kier molecular flexibility index (Phi) is 8.98. The third kappa shape index (κ3) is 6.40. The molecule has 1 amide bonds. The van der Waals surface area contributed by atoms with Gasteiger partial charge in [0.1, 0.15) is 5.75 Å². The van der Waals surface area contributed by atoms with Crippen LogP contribution in [0, 0.1) is 0 Å². The molecule has 0 aliphatic carbocycles. The maximum Gasteiger partial charge on any atom is 0.222 e. The molecule has 176 valence electrons. The Labute approximate surface area is 202 Å². The number of ether oxygens (including phenoxy) is 1. The van der Waals surface area contributed by atoms with E-state index in [0.717, 1.165) is 54.6 Å². The fourth-order valence-electron chi connectivity index (χ4n) is 3.86. The summed E-state index contributed by atoms with van der Waals surface area (Å²) in [5, 5.41) is 0.709. The molecule has 0 bridgehead atoms. The average Bonchev–Trinajstić information content (AvgIpc) is 3.27. The maximum atomic E-state index is 13.0. The topological polar surface area (TPSA) is 37.7 Å². The third-order valence-electron chi connectivity index (χ3n) is 6.05. The van der Waals surface area contributed by atoms with Crippen molar-refractivity contribution >= 4 is 17.5 Å². The molecular formula is C27H34ClN3O2. The minimum Gasteiger partial charge on any atom is -0.497 e. The first-order valence-corrected chi connectivity index (χ1v) is 11.9. The number of halogens is 1. The van der Waals surface area contributed by atoms with Crippen LogP contribution in [0.15, 0.2) is 60.7 Å². The number of amides is 1. The van der Waals surface area contributed by atoms with Crippen molar-refractivity contribution in [3.8, 4) is 22.7 Å². The lowest BCUT2D eigenvalue weighted by Gasteiger charge is -2.24. The minimum atomic E-state index is 0.192. The predicted octanol–water partition coefficient (Wildman–Crippen LogP) is 5.54. The second-order valence-corrected chi connectivity index (χ2v) is 8.56. The van der Waals surface area contributed by atoms with E-state index in [1.807, 2.05) is 60.4 Å². The molecule has 0 aliphatic rings. The predicted molar refractivity (Wildman–Crippen MR) is 137 cm³/mol.